The Kier molecular flexibility index (Phi) is 6.57. The predicted molar refractivity (Wildman–Crippen MR) is 103 cm³/mol. The number of ether oxygens (including phenoxy) is 2. The van der Waals surface area contributed by atoms with Gasteiger partial charge in [-0.1, -0.05) is 29.6 Å². The summed E-state index contributed by atoms with van der Waals surface area (Å²) in [4.78, 5) is 4.89. The standard InChI is InChI=1S/C18H17F2N3O2S2/c1-24-13-6-4-12(5-7-13)16-21-18(23-22-16)26-10-11-3-8-15(27-17(19)20)14(9-11)25-2/h3-9,17H,10H2,1-2H3,(H,21,22,23). The van der Waals surface area contributed by atoms with Gasteiger partial charge in [0, 0.05) is 11.3 Å². The highest BCUT2D eigenvalue weighted by Gasteiger charge is 2.12. The average Bonchev–Trinajstić information content (AvgIpc) is 3.16. The monoisotopic (exact) mass is 409 g/mol. The first-order valence-corrected chi connectivity index (χ1v) is 9.77. The van der Waals surface area contributed by atoms with E-state index in [-0.39, 0.29) is 0 Å². The fourth-order valence-corrected chi connectivity index (χ4v) is 3.67. The molecular formula is C18H17F2N3O2S2. The first-order valence-electron chi connectivity index (χ1n) is 7.90. The van der Waals surface area contributed by atoms with Gasteiger partial charge in [0.05, 0.1) is 19.1 Å². The van der Waals surface area contributed by atoms with Gasteiger partial charge in [0.1, 0.15) is 11.5 Å². The van der Waals surface area contributed by atoms with Crippen LogP contribution in [0.3, 0.4) is 0 Å². The number of halogens is 2. The molecule has 0 saturated carbocycles. The molecule has 0 atom stereocenters. The molecule has 27 heavy (non-hydrogen) atoms. The van der Waals surface area contributed by atoms with Crippen LogP contribution in [0.5, 0.6) is 11.5 Å². The Balaban J connectivity index is 1.65. The number of alkyl halides is 2. The average molecular weight is 409 g/mol. The molecular weight excluding hydrogens is 392 g/mol. The van der Waals surface area contributed by atoms with E-state index in [4.69, 9.17) is 9.47 Å². The fraction of sp³-hybridized carbons (Fsp3) is 0.222. The van der Waals surface area contributed by atoms with E-state index >= 15 is 0 Å². The van der Waals surface area contributed by atoms with Crippen LogP contribution in [0, 0.1) is 0 Å². The smallest absolute Gasteiger partial charge is 0.289 e. The molecule has 142 valence electrons. The first kappa shape index (κ1) is 19.5. The molecule has 1 N–H and O–H groups in total. The summed E-state index contributed by atoms with van der Waals surface area (Å²) in [5.74, 6) is -0.0108. The number of methoxy groups -OCH3 is 2. The summed E-state index contributed by atoms with van der Waals surface area (Å²) in [6.45, 7) is 0. The van der Waals surface area contributed by atoms with E-state index in [2.05, 4.69) is 15.2 Å². The lowest BCUT2D eigenvalue weighted by molar-refractivity contribution is 0.251. The molecule has 0 fully saturated rings. The van der Waals surface area contributed by atoms with Crippen molar-refractivity contribution in [3.63, 3.8) is 0 Å². The van der Waals surface area contributed by atoms with Gasteiger partial charge in [0.2, 0.25) is 5.16 Å². The van der Waals surface area contributed by atoms with Crippen LogP contribution in [-0.4, -0.2) is 35.2 Å². The Morgan fingerprint density at radius 3 is 2.52 bits per heavy atom. The zero-order valence-corrected chi connectivity index (χ0v) is 16.2. The number of rotatable bonds is 8. The minimum Gasteiger partial charge on any atom is -0.497 e. The maximum absolute atomic E-state index is 12.6. The molecule has 5 nitrogen and oxygen atoms in total. The fourth-order valence-electron chi connectivity index (χ4n) is 2.33. The maximum atomic E-state index is 12.6. The van der Waals surface area contributed by atoms with Gasteiger partial charge in [-0.3, -0.25) is 5.10 Å². The van der Waals surface area contributed by atoms with Gasteiger partial charge in [-0.05, 0) is 42.0 Å². The van der Waals surface area contributed by atoms with E-state index in [0.717, 1.165) is 16.9 Å². The maximum Gasteiger partial charge on any atom is 0.289 e. The van der Waals surface area contributed by atoms with Crippen LogP contribution in [0.1, 0.15) is 5.56 Å². The second kappa shape index (κ2) is 9.09. The lowest BCUT2D eigenvalue weighted by atomic mass is 10.2. The highest BCUT2D eigenvalue weighted by molar-refractivity contribution is 7.99. The van der Waals surface area contributed by atoms with E-state index in [0.29, 0.717) is 39.1 Å². The number of aromatic nitrogens is 3. The van der Waals surface area contributed by atoms with Crippen molar-refractivity contribution >= 4 is 23.5 Å². The van der Waals surface area contributed by atoms with Gasteiger partial charge in [0.15, 0.2) is 5.82 Å². The van der Waals surface area contributed by atoms with Gasteiger partial charge in [-0.15, -0.1) is 5.10 Å². The Bertz CT molecular complexity index is 889. The van der Waals surface area contributed by atoms with Crippen LogP contribution in [0.15, 0.2) is 52.5 Å². The van der Waals surface area contributed by atoms with Gasteiger partial charge in [-0.2, -0.15) is 8.78 Å². The van der Waals surface area contributed by atoms with Crippen molar-refractivity contribution in [2.75, 3.05) is 14.2 Å². The van der Waals surface area contributed by atoms with Crippen molar-refractivity contribution in [2.45, 2.75) is 21.6 Å². The summed E-state index contributed by atoms with van der Waals surface area (Å²) in [5, 5.41) is 7.73. The number of thioether (sulfide) groups is 2. The summed E-state index contributed by atoms with van der Waals surface area (Å²) in [5.41, 5.74) is 1.84. The summed E-state index contributed by atoms with van der Waals surface area (Å²) in [6.07, 6.45) is 0. The van der Waals surface area contributed by atoms with Crippen molar-refractivity contribution < 1.29 is 18.3 Å². The van der Waals surface area contributed by atoms with Crippen LogP contribution < -0.4 is 9.47 Å². The number of H-pyrrole nitrogens is 1. The third-order valence-corrected chi connectivity index (χ3v) is 5.33. The van der Waals surface area contributed by atoms with E-state index in [1.165, 1.54) is 18.9 Å². The molecule has 0 amide bonds. The second-order valence-corrected chi connectivity index (χ2v) is 7.32. The minimum atomic E-state index is -2.48. The Hall–Kier alpha value is -2.26. The van der Waals surface area contributed by atoms with Crippen LogP contribution in [0.25, 0.3) is 11.4 Å². The minimum absolute atomic E-state index is 0.418. The number of nitrogens with one attached hydrogen (secondary N) is 1. The molecule has 0 saturated heterocycles. The lowest BCUT2D eigenvalue weighted by Gasteiger charge is -2.09. The van der Waals surface area contributed by atoms with Crippen LogP contribution in [0.2, 0.25) is 0 Å². The number of hydrogen-bond donors (Lipinski definition) is 1. The third kappa shape index (κ3) is 5.14. The molecule has 3 rings (SSSR count). The molecule has 3 aromatic rings. The molecule has 0 radical (unpaired) electrons. The molecule has 0 unspecified atom stereocenters. The molecule has 0 aliphatic carbocycles. The zero-order chi connectivity index (χ0) is 19.2. The molecule has 1 aromatic heterocycles. The van der Waals surface area contributed by atoms with E-state index in [9.17, 15) is 8.78 Å². The van der Waals surface area contributed by atoms with Gasteiger partial charge >= 0.3 is 0 Å². The van der Waals surface area contributed by atoms with Crippen LogP contribution >= 0.6 is 23.5 Å². The topological polar surface area (TPSA) is 60.0 Å². The highest BCUT2D eigenvalue weighted by Crippen LogP contribution is 2.35. The largest absolute Gasteiger partial charge is 0.497 e. The Morgan fingerprint density at radius 2 is 1.85 bits per heavy atom. The molecule has 0 aliphatic rings. The zero-order valence-electron chi connectivity index (χ0n) is 14.6. The second-order valence-electron chi connectivity index (χ2n) is 5.35. The molecule has 0 spiro atoms. The summed E-state index contributed by atoms with van der Waals surface area (Å²) in [7, 11) is 3.09. The summed E-state index contributed by atoms with van der Waals surface area (Å²) in [6, 6.07) is 12.7. The summed E-state index contributed by atoms with van der Waals surface area (Å²) >= 11 is 1.92. The number of nitrogens with zero attached hydrogens (tertiary/aromatic N) is 2. The predicted octanol–water partition coefficient (Wildman–Crippen LogP) is 5.10. The van der Waals surface area contributed by atoms with Crippen molar-refractivity contribution in [3.8, 4) is 22.9 Å². The van der Waals surface area contributed by atoms with Crippen LogP contribution in [0.4, 0.5) is 8.78 Å². The lowest BCUT2D eigenvalue weighted by Crippen LogP contribution is -1.91. The van der Waals surface area contributed by atoms with E-state index in [1.807, 2.05) is 24.3 Å². The normalized spacial score (nSPS) is 11.0. The van der Waals surface area contributed by atoms with E-state index < -0.39 is 5.76 Å². The van der Waals surface area contributed by atoms with Crippen molar-refractivity contribution in [1.82, 2.24) is 15.2 Å². The first-order chi connectivity index (χ1) is 13.1. The van der Waals surface area contributed by atoms with Crippen molar-refractivity contribution in [1.29, 1.82) is 0 Å². The quantitative estimate of drug-likeness (QED) is 0.523. The highest BCUT2D eigenvalue weighted by atomic mass is 32.2. The van der Waals surface area contributed by atoms with Gasteiger partial charge in [0.25, 0.3) is 5.76 Å². The third-order valence-electron chi connectivity index (χ3n) is 3.64. The van der Waals surface area contributed by atoms with Gasteiger partial charge < -0.3 is 9.47 Å². The van der Waals surface area contributed by atoms with E-state index in [1.54, 1.807) is 25.3 Å². The Labute approximate surface area is 163 Å². The van der Waals surface area contributed by atoms with Crippen molar-refractivity contribution in [3.05, 3.63) is 48.0 Å². The van der Waals surface area contributed by atoms with Crippen LogP contribution in [-0.2, 0) is 5.75 Å². The molecule has 9 heteroatoms. The summed E-state index contributed by atoms with van der Waals surface area (Å²) < 4.78 is 35.5. The van der Waals surface area contributed by atoms with Crippen molar-refractivity contribution in [2.24, 2.45) is 0 Å². The Morgan fingerprint density at radius 1 is 1.07 bits per heavy atom. The molecule has 1 heterocycles. The number of aromatic amines is 1. The molecule has 0 aliphatic heterocycles. The molecule has 2 aromatic carbocycles. The number of hydrogen-bond acceptors (Lipinski definition) is 6. The number of benzene rings is 2. The molecule has 0 bridgehead atoms. The van der Waals surface area contributed by atoms with Gasteiger partial charge in [-0.25, -0.2) is 4.98 Å². The SMILES string of the molecule is COc1ccc(-c2nc(SCc3ccc(SC(F)F)c(OC)c3)n[nH]2)cc1.